The van der Waals surface area contributed by atoms with Crippen LogP contribution < -0.4 is 0 Å². The Morgan fingerprint density at radius 1 is 1.22 bits per heavy atom. The first-order valence-corrected chi connectivity index (χ1v) is 7.46. The lowest BCUT2D eigenvalue weighted by atomic mass is 10.1. The molecule has 0 aliphatic carbocycles. The molecule has 6 heteroatoms. The minimum Gasteiger partial charge on any atom is -0.337 e. The Morgan fingerprint density at radius 3 is 2.65 bits per heavy atom. The van der Waals surface area contributed by atoms with Gasteiger partial charge >= 0.3 is 0 Å². The molecule has 23 heavy (non-hydrogen) atoms. The van der Waals surface area contributed by atoms with Crippen LogP contribution in [0.4, 0.5) is 0 Å². The lowest BCUT2D eigenvalue weighted by Crippen LogP contribution is -2.26. The van der Waals surface area contributed by atoms with Crippen molar-refractivity contribution in [1.82, 2.24) is 19.7 Å². The van der Waals surface area contributed by atoms with Gasteiger partial charge in [-0.15, -0.1) is 0 Å². The van der Waals surface area contributed by atoms with Crippen LogP contribution in [0.15, 0.2) is 61.2 Å². The van der Waals surface area contributed by atoms with E-state index in [0.29, 0.717) is 17.1 Å². The number of hydrogen-bond donors (Lipinski definition) is 0. The molecule has 0 spiro atoms. The van der Waals surface area contributed by atoms with Gasteiger partial charge in [-0.2, -0.15) is 5.10 Å². The van der Waals surface area contributed by atoms with Gasteiger partial charge in [-0.1, -0.05) is 23.7 Å². The van der Waals surface area contributed by atoms with Crippen molar-refractivity contribution < 1.29 is 4.79 Å². The standard InChI is InChI=1S/C17H15ClN4O/c1-21(10-13-3-2-4-15(18)9-13)17(23)14-5-7-16(8-6-14)22-12-19-11-20-22/h2-9,11-12H,10H2,1H3. The van der Waals surface area contributed by atoms with E-state index < -0.39 is 0 Å². The van der Waals surface area contributed by atoms with E-state index in [4.69, 9.17) is 11.6 Å². The van der Waals surface area contributed by atoms with Crippen molar-refractivity contribution in [2.45, 2.75) is 6.54 Å². The zero-order chi connectivity index (χ0) is 16.2. The van der Waals surface area contributed by atoms with Gasteiger partial charge in [0.25, 0.3) is 5.91 Å². The van der Waals surface area contributed by atoms with Gasteiger partial charge in [-0.3, -0.25) is 4.79 Å². The maximum absolute atomic E-state index is 12.5. The van der Waals surface area contributed by atoms with Gasteiger partial charge < -0.3 is 4.90 Å². The molecular formula is C17H15ClN4O. The van der Waals surface area contributed by atoms with Crippen molar-refractivity contribution in [3.8, 4) is 5.69 Å². The molecule has 0 N–H and O–H groups in total. The Hall–Kier alpha value is -2.66. The maximum Gasteiger partial charge on any atom is 0.253 e. The first-order chi connectivity index (χ1) is 11.1. The number of carbonyl (C=O) groups is 1. The number of benzene rings is 2. The molecular weight excluding hydrogens is 312 g/mol. The number of amides is 1. The minimum absolute atomic E-state index is 0.0462. The Morgan fingerprint density at radius 2 is 2.00 bits per heavy atom. The molecule has 0 radical (unpaired) electrons. The fourth-order valence-electron chi connectivity index (χ4n) is 2.30. The summed E-state index contributed by atoms with van der Waals surface area (Å²) < 4.78 is 1.64. The van der Waals surface area contributed by atoms with Crippen molar-refractivity contribution in [3.05, 3.63) is 77.3 Å². The number of halogens is 1. The third kappa shape index (κ3) is 3.57. The van der Waals surface area contributed by atoms with Gasteiger partial charge in [-0.25, -0.2) is 9.67 Å². The van der Waals surface area contributed by atoms with E-state index in [-0.39, 0.29) is 5.91 Å². The first-order valence-electron chi connectivity index (χ1n) is 7.08. The third-order valence-electron chi connectivity index (χ3n) is 3.45. The molecule has 1 amide bonds. The number of carbonyl (C=O) groups excluding carboxylic acids is 1. The Balaban J connectivity index is 1.72. The molecule has 5 nitrogen and oxygen atoms in total. The zero-order valence-corrected chi connectivity index (χ0v) is 13.3. The zero-order valence-electron chi connectivity index (χ0n) is 12.6. The molecule has 2 aromatic carbocycles. The van der Waals surface area contributed by atoms with Crippen LogP contribution in [-0.2, 0) is 6.54 Å². The quantitative estimate of drug-likeness (QED) is 0.740. The van der Waals surface area contributed by atoms with E-state index in [2.05, 4.69) is 10.1 Å². The van der Waals surface area contributed by atoms with Crippen molar-refractivity contribution in [3.63, 3.8) is 0 Å². The van der Waals surface area contributed by atoms with E-state index in [1.807, 2.05) is 36.4 Å². The van der Waals surface area contributed by atoms with Gasteiger partial charge in [0, 0.05) is 24.2 Å². The molecule has 0 aliphatic heterocycles. The topological polar surface area (TPSA) is 51.0 Å². The largest absolute Gasteiger partial charge is 0.337 e. The van der Waals surface area contributed by atoms with Crippen LogP contribution in [0.5, 0.6) is 0 Å². The lowest BCUT2D eigenvalue weighted by molar-refractivity contribution is 0.0785. The Labute approximate surface area is 139 Å². The van der Waals surface area contributed by atoms with E-state index in [0.717, 1.165) is 11.3 Å². The molecule has 0 fully saturated rings. The Bertz CT molecular complexity index is 800. The second-order valence-corrected chi connectivity index (χ2v) is 5.61. The Kier molecular flexibility index (Phi) is 4.39. The average Bonchev–Trinajstić information content (AvgIpc) is 3.09. The molecule has 3 aromatic rings. The monoisotopic (exact) mass is 326 g/mol. The second kappa shape index (κ2) is 6.62. The molecule has 0 unspecified atom stereocenters. The summed E-state index contributed by atoms with van der Waals surface area (Å²) in [4.78, 5) is 18.1. The molecule has 1 heterocycles. The van der Waals surface area contributed by atoms with E-state index in [1.165, 1.54) is 6.33 Å². The highest BCUT2D eigenvalue weighted by molar-refractivity contribution is 6.30. The molecule has 1 aromatic heterocycles. The summed E-state index contributed by atoms with van der Waals surface area (Å²) in [5, 5.41) is 4.73. The first kappa shape index (κ1) is 15.2. The highest BCUT2D eigenvalue weighted by Crippen LogP contribution is 2.14. The highest BCUT2D eigenvalue weighted by Gasteiger charge is 2.12. The predicted octanol–water partition coefficient (Wildman–Crippen LogP) is 3.19. The van der Waals surface area contributed by atoms with Gasteiger partial charge in [0.1, 0.15) is 12.7 Å². The van der Waals surface area contributed by atoms with Crippen LogP contribution in [0.2, 0.25) is 5.02 Å². The smallest absolute Gasteiger partial charge is 0.253 e. The van der Waals surface area contributed by atoms with Gasteiger partial charge in [0.05, 0.1) is 5.69 Å². The highest BCUT2D eigenvalue weighted by atomic mass is 35.5. The molecule has 116 valence electrons. The molecule has 3 rings (SSSR count). The maximum atomic E-state index is 12.5. The summed E-state index contributed by atoms with van der Waals surface area (Å²) >= 11 is 5.97. The molecule has 0 saturated heterocycles. The number of hydrogen-bond acceptors (Lipinski definition) is 3. The van der Waals surface area contributed by atoms with Crippen LogP contribution >= 0.6 is 11.6 Å². The number of rotatable bonds is 4. The summed E-state index contributed by atoms with van der Waals surface area (Å²) in [6.07, 6.45) is 3.08. The van der Waals surface area contributed by atoms with Gasteiger partial charge in [0.2, 0.25) is 0 Å². The van der Waals surface area contributed by atoms with Crippen LogP contribution in [0.1, 0.15) is 15.9 Å². The average molecular weight is 327 g/mol. The summed E-state index contributed by atoms with van der Waals surface area (Å²) in [6, 6.07) is 14.8. The van der Waals surface area contributed by atoms with E-state index in [1.54, 1.807) is 35.1 Å². The van der Waals surface area contributed by atoms with Gasteiger partial charge in [0.15, 0.2) is 0 Å². The van der Waals surface area contributed by atoms with Crippen LogP contribution in [-0.4, -0.2) is 32.6 Å². The fraction of sp³-hybridized carbons (Fsp3) is 0.118. The summed E-state index contributed by atoms with van der Waals surface area (Å²) in [5.41, 5.74) is 2.47. The summed E-state index contributed by atoms with van der Waals surface area (Å²) in [7, 11) is 1.77. The molecule has 0 bridgehead atoms. The molecule has 0 saturated carbocycles. The van der Waals surface area contributed by atoms with E-state index in [9.17, 15) is 4.79 Å². The SMILES string of the molecule is CN(Cc1cccc(Cl)c1)C(=O)c1ccc(-n2cncn2)cc1. The number of aromatic nitrogens is 3. The van der Waals surface area contributed by atoms with Crippen molar-refractivity contribution in [1.29, 1.82) is 0 Å². The lowest BCUT2D eigenvalue weighted by Gasteiger charge is -2.17. The minimum atomic E-state index is -0.0462. The van der Waals surface area contributed by atoms with Gasteiger partial charge in [-0.05, 0) is 42.0 Å². The summed E-state index contributed by atoms with van der Waals surface area (Å²) in [6.45, 7) is 0.504. The second-order valence-electron chi connectivity index (χ2n) is 5.18. The third-order valence-corrected chi connectivity index (χ3v) is 3.69. The van der Waals surface area contributed by atoms with Crippen LogP contribution in [0.3, 0.4) is 0 Å². The molecule has 0 aliphatic rings. The normalized spacial score (nSPS) is 10.5. The fourth-order valence-corrected chi connectivity index (χ4v) is 2.51. The van der Waals surface area contributed by atoms with Crippen molar-refractivity contribution in [2.75, 3.05) is 7.05 Å². The van der Waals surface area contributed by atoms with Crippen LogP contribution in [0, 0.1) is 0 Å². The predicted molar refractivity (Wildman–Crippen MR) is 88.6 cm³/mol. The van der Waals surface area contributed by atoms with Crippen LogP contribution in [0.25, 0.3) is 5.69 Å². The van der Waals surface area contributed by atoms with Crippen molar-refractivity contribution in [2.24, 2.45) is 0 Å². The van der Waals surface area contributed by atoms with Crippen molar-refractivity contribution >= 4 is 17.5 Å². The molecule has 0 atom stereocenters. The number of nitrogens with zero attached hydrogens (tertiary/aromatic N) is 4. The summed E-state index contributed by atoms with van der Waals surface area (Å²) in [5.74, 6) is -0.0462. The van der Waals surface area contributed by atoms with E-state index >= 15 is 0 Å².